The molecule has 62 valence electrons. The van der Waals surface area contributed by atoms with Crippen molar-refractivity contribution in [1.29, 1.82) is 0 Å². The monoisotopic (exact) mass is 189 g/mol. The second-order valence-corrected chi connectivity index (χ2v) is 4.55. The molecule has 1 aromatic rings. The molecular weight excluding hydrogens is 178 g/mol. The second-order valence-electron chi connectivity index (χ2n) is 2.73. The fourth-order valence-electron chi connectivity index (χ4n) is 0.652. The predicted molar refractivity (Wildman–Crippen MR) is 50.3 cm³/mol. The molecule has 0 aromatic carbocycles. The number of thioether (sulfide) groups is 1. The van der Waals surface area contributed by atoms with Gasteiger partial charge in [0.25, 0.3) is 0 Å². The van der Waals surface area contributed by atoms with Gasteiger partial charge in [-0.05, 0) is 32.3 Å². The lowest BCUT2D eigenvalue weighted by atomic mass is 10.2. The summed E-state index contributed by atoms with van der Waals surface area (Å²) in [5.74, 6) is 0.898. The number of nitrogens with one attached hydrogen (secondary N) is 2. The number of rotatable bonds is 2. The molecule has 0 spiro atoms. The van der Waals surface area contributed by atoms with E-state index in [1.165, 1.54) is 0 Å². The van der Waals surface area contributed by atoms with Crippen LogP contribution in [0, 0.1) is 4.77 Å². The van der Waals surface area contributed by atoms with E-state index in [1.54, 1.807) is 11.8 Å². The van der Waals surface area contributed by atoms with Crippen molar-refractivity contribution in [2.24, 2.45) is 0 Å². The molecule has 3 nitrogen and oxygen atoms in total. The van der Waals surface area contributed by atoms with E-state index in [9.17, 15) is 0 Å². The van der Waals surface area contributed by atoms with Gasteiger partial charge in [-0.2, -0.15) is 11.8 Å². The maximum Gasteiger partial charge on any atom is 0.213 e. The lowest BCUT2D eigenvalue weighted by molar-refractivity contribution is 0.715. The zero-order valence-electron chi connectivity index (χ0n) is 6.76. The Kier molecular flexibility index (Phi) is 2.39. The van der Waals surface area contributed by atoms with Crippen LogP contribution in [0.15, 0.2) is 0 Å². The van der Waals surface area contributed by atoms with E-state index in [-0.39, 0.29) is 4.75 Å². The van der Waals surface area contributed by atoms with Gasteiger partial charge in [0.1, 0.15) is 5.82 Å². The lowest BCUT2D eigenvalue weighted by Gasteiger charge is -2.17. The van der Waals surface area contributed by atoms with Gasteiger partial charge in [0.05, 0.1) is 4.75 Å². The molecule has 5 heteroatoms. The molecule has 0 bridgehead atoms. The van der Waals surface area contributed by atoms with Gasteiger partial charge in [-0.3, -0.25) is 10.2 Å². The highest BCUT2D eigenvalue weighted by atomic mass is 32.2. The molecule has 11 heavy (non-hydrogen) atoms. The minimum atomic E-state index is 0.00750. The average molecular weight is 189 g/mol. The van der Waals surface area contributed by atoms with E-state index < -0.39 is 0 Å². The Hall–Kier alpha value is -0.290. The van der Waals surface area contributed by atoms with Crippen molar-refractivity contribution in [3.8, 4) is 0 Å². The summed E-state index contributed by atoms with van der Waals surface area (Å²) in [4.78, 5) is 4.14. The maximum atomic E-state index is 4.84. The Balaban J connectivity index is 3.01. The first-order chi connectivity index (χ1) is 5.06. The number of aromatic amines is 2. The largest absolute Gasteiger partial charge is 0.285 e. The molecule has 0 radical (unpaired) electrons. The molecule has 1 heterocycles. The standard InChI is InChI=1S/C6H11N3S2/c1-6(2,11-3)4-7-5(10)9-8-4/h1-3H3,(H2,7,8,9,10). The molecule has 0 aliphatic carbocycles. The van der Waals surface area contributed by atoms with E-state index >= 15 is 0 Å². The Labute approximate surface area is 75.0 Å². The smallest absolute Gasteiger partial charge is 0.213 e. The number of aromatic nitrogens is 3. The van der Waals surface area contributed by atoms with E-state index in [0.29, 0.717) is 4.77 Å². The average Bonchev–Trinajstić information content (AvgIpc) is 2.36. The highest BCUT2D eigenvalue weighted by molar-refractivity contribution is 7.99. The third-order valence-corrected chi connectivity index (χ3v) is 2.99. The zero-order valence-corrected chi connectivity index (χ0v) is 8.40. The molecule has 0 unspecified atom stereocenters. The molecule has 0 atom stereocenters. The van der Waals surface area contributed by atoms with Crippen LogP contribution in [-0.4, -0.2) is 21.4 Å². The minimum Gasteiger partial charge on any atom is -0.285 e. The molecule has 0 amide bonds. The van der Waals surface area contributed by atoms with Crippen molar-refractivity contribution in [2.45, 2.75) is 18.6 Å². The summed E-state index contributed by atoms with van der Waals surface area (Å²) in [5.41, 5.74) is 0. The van der Waals surface area contributed by atoms with E-state index in [2.05, 4.69) is 29.0 Å². The van der Waals surface area contributed by atoms with E-state index in [1.807, 2.05) is 6.26 Å². The first kappa shape index (κ1) is 8.80. The summed E-state index contributed by atoms with van der Waals surface area (Å²) in [6.45, 7) is 4.19. The van der Waals surface area contributed by atoms with Crippen molar-refractivity contribution in [3.63, 3.8) is 0 Å². The normalized spacial score (nSPS) is 11.9. The Morgan fingerprint density at radius 2 is 2.09 bits per heavy atom. The maximum absolute atomic E-state index is 4.84. The third-order valence-electron chi connectivity index (χ3n) is 1.58. The lowest BCUT2D eigenvalue weighted by Crippen LogP contribution is -2.13. The molecule has 1 rings (SSSR count). The van der Waals surface area contributed by atoms with Crippen LogP contribution in [0.4, 0.5) is 0 Å². The summed E-state index contributed by atoms with van der Waals surface area (Å²) in [6, 6.07) is 0. The first-order valence-electron chi connectivity index (χ1n) is 3.26. The van der Waals surface area contributed by atoms with E-state index in [0.717, 1.165) is 5.82 Å². The molecule has 2 N–H and O–H groups in total. The zero-order chi connectivity index (χ0) is 8.48. The van der Waals surface area contributed by atoms with Crippen LogP contribution in [0.25, 0.3) is 0 Å². The molecule has 0 saturated carbocycles. The van der Waals surface area contributed by atoms with Crippen LogP contribution in [0.3, 0.4) is 0 Å². The van der Waals surface area contributed by atoms with Crippen LogP contribution in [0.2, 0.25) is 0 Å². The third kappa shape index (κ3) is 1.84. The Morgan fingerprint density at radius 1 is 1.45 bits per heavy atom. The van der Waals surface area contributed by atoms with Gasteiger partial charge in [-0.25, -0.2) is 4.98 Å². The fourth-order valence-corrected chi connectivity index (χ4v) is 1.08. The van der Waals surface area contributed by atoms with Crippen LogP contribution in [-0.2, 0) is 4.75 Å². The minimum absolute atomic E-state index is 0.00750. The highest BCUT2D eigenvalue weighted by Crippen LogP contribution is 2.30. The second kappa shape index (κ2) is 2.98. The summed E-state index contributed by atoms with van der Waals surface area (Å²) in [5, 5.41) is 5.71. The van der Waals surface area contributed by atoms with Gasteiger partial charge in [0.2, 0.25) is 4.77 Å². The van der Waals surface area contributed by atoms with Gasteiger partial charge in [-0.1, -0.05) is 0 Å². The SMILES string of the molecule is CSC(C)(C)c1nc(=S)[nH][nH]1. The van der Waals surface area contributed by atoms with Gasteiger partial charge >= 0.3 is 0 Å². The number of H-pyrrole nitrogens is 2. The molecule has 0 saturated heterocycles. The first-order valence-corrected chi connectivity index (χ1v) is 4.90. The summed E-state index contributed by atoms with van der Waals surface area (Å²) in [6.07, 6.45) is 2.05. The molecule has 0 aliphatic rings. The van der Waals surface area contributed by atoms with E-state index in [4.69, 9.17) is 12.2 Å². The molecule has 0 fully saturated rings. The number of nitrogens with zero attached hydrogens (tertiary/aromatic N) is 1. The quantitative estimate of drug-likeness (QED) is 0.700. The van der Waals surface area contributed by atoms with Gasteiger partial charge in [0.15, 0.2) is 0 Å². The van der Waals surface area contributed by atoms with Gasteiger partial charge in [-0.15, -0.1) is 0 Å². The summed E-state index contributed by atoms with van der Waals surface area (Å²) < 4.78 is 0.523. The predicted octanol–water partition coefficient (Wildman–Crippen LogP) is 2.07. The molecular formula is C6H11N3S2. The van der Waals surface area contributed by atoms with Crippen molar-refractivity contribution in [2.75, 3.05) is 6.26 Å². The molecule has 1 aromatic heterocycles. The van der Waals surface area contributed by atoms with Crippen molar-refractivity contribution in [3.05, 3.63) is 10.6 Å². The van der Waals surface area contributed by atoms with Crippen LogP contribution >= 0.6 is 24.0 Å². The highest BCUT2D eigenvalue weighted by Gasteiger charge is 2.21. The number of hydrogen-bond donors (Lipinski definition) is 2. The van der Waals surface area contributed by atoms with Crippen LogP contribution in [0.5, 0.6) is 0 Å². The Morgan fingerprint density at radius 3 is 2.45 bits per heavy atom. The van der Waals surface area contributed by atoms with Crippen LogP contribution in [0.1, 0.15) is 19.7 Å². The van der Waals surface area contributed by atoms with Crippen molar-refractivity contribution < 1.29 is 0 Å². The van der Waals surface area contributed by atoms with Gasteiger partial charge < -0.3 is 0 Å². The van der Waals surface area contributed by atoms with Crippen molar-refractivity contribution in [1.82, 2.24) is 15.2 Å². The summed E-state index contributed by atoms with van der Waals surface area (Å²) >= 11 is 6.58. The van der Waals surface area contributed by atoms with Crippen LogP contribution < -0.4 is 0 Å². The van der Waals surface area contributed by atoms with Gasteiger partial charge in [0, 0.05) is 0 Å². The topological polar surface area (TPSA) is 44.5 Å². The fraction of sp³-hybridized carbons (Fsp3) is 0.667. The number of hydrogen-bond acceptors (Lipinski definition) is 3. The Bertz CT molecular complexity index is 286. The summed E-state index contributed by atoms with van der Waals surface area (Å²) in [7, 11) is 0. The molecule has 0 aliphatic heterocycles. The van der Waals surface area contributed by atoms with Crippen molar-refractivity contribution >= 4 is 24.0 Å².